The van der Waals surface area contributed by atoms with Crippen LogP contribution in [0.25, 0.3) is 0 Å². The molecule has 0 bridgehead atoms. The van der Waals surface area contributed by atoms with E-state index in [0.717, 1.165) is 25.9 Å². The number of para-hydroxylation sites is 1. The minimum Gasteiger partial charge on any atom is -0.308 e. The molecule has 0 saturated carbocycles. The van der Waals surface area contributed by atoms with Gasteiger partial charge in [0, 0.05) is 19.6 Å². The summed E-state index contributed by atoms with van der Waals surface area (Å²) in [6, 6.07) is 8.35. The van der Waals surface area contributed by atoms with E-state index in [4.69, 9.17) is 5.26 Å². The van der Waals surface area contributed by atoms with Crippen LogP contribution in [-0.4, -0.2) is 51.2 Å². The van der Waals surface area contributed by atoms with Crippen LogP contribution in [0.3, 0.4) is 0 Å². The minimum absolute atomic E-state index is 0.0268. The van der Waals surface area contributed by atoms with Gasteiger partial charge in [0.15, 0.2) is 0 Å². The van der Waals surface area contributed by atoms with E-state index in [1.807, 2.05) is 6.07 Å². The van der Waals surface area contributed by atoms with Crippen LogP contribution in [0.1, 0.15) is 31.1 Å². The van der Waals surface area contributed by atoms with Gasteiger partial charge in [-0.3, -0.25) is 9.69 Å². The van der Waals surface area contributed by atoms with Gasteiger partial charge < -0.3 is 4.90 Å². The summed E-state index contributed by atoms with van der Waals surface area (Å²) in [6.07, 6.45) is 3.99. The lowest BCUT2D eigenvalue weighted by atomic mass is 10.0. The Kier molecular flexibility index (Phi) is 4.39. The zero-order chi connectivity index (χ0) is 18.1. The molecule has 2 saturated heterocycles. The van der Waals surface area contributed by atoms with Crippen molar-refractivity contribution >= 4 is 11.6 Å². The number of aromatic nitrogens is 3. The van der Waals surface area contributed by atoms with Crippen LogP contribution < -0.4 is 4.90 Å². The highest BCUT2D eigenvalue weighted by atomic mass is 19.1. The summed E-state index contributed by atoms with van der Waals surface area (Å²) in [6.45, 7) is 2.08. The van der Waals surface area contributed by atoms with Gasteiger partial charge in [0.25, 0.3) is 5.82 Å². The highest BCUT2D eigenvalue weighted by Gasteiger charge is 2.39. The molecule has 2 aliphatic rings. The summed E-state index contributed by atoms with van der Waals surface area (Å²) in [4.78, 5) is 20.5. The molecule has 0 N–H and O–H groups in total. The van der Waals surface area contributed by atoms with Gasteiger partial charge in [-0.1, -0.05) is 12.1 Å². The third kappa shape index (κ3) is 2.95. The quantitative estimate of drug-likeness (QED) is 0.839. The number of hydrogen-bond acceptors (Lipinski definition) is 5. The molecular weight excluding hydrogens is 335 g/mol. The number of carbonyl (C=O) groups excluding carboxylic acids is 1. The highest BCUT2D eigenvalue weighted by molar-refractivity contribution is 5.99. The van der Waals surface area contributed by atoms with Crippen LogP contribution in [0.2, 0.25) is 0 Å². The molecule has 1 unspecified atom stereocenters. The van der Waals surface area contributed by atoms with Crippen molar-refractivity contribution < 1.29 is 9.18 Å². The Morgan fingerprint density at radius 2 is 1.92 bits per heavy atom. The van der Waals surface area contributed by atoms with E-state index in [1.165, 1.54) is 6.07 Å². The maximum atomic E-state index is 14.0. The van der Waals surface area contributed by atoms with Crippen LogP contribution in [0.4, 0.5) is 10.1 Å². The Morgan fingerprint density at radius 1 is 1.15 bits per heavy atom. The van der Waals surface area contributed by atoms with E-state index in [2.05, 4.69) is 15.0 Å². The van der Waals surface area contributed by atoms with Gasteiger partial charge in [-0.25, -0.2) is 14.1 Å². The number of nitrogens with zero attached hydrogens (tertiary/aromatic N) is 6. The lowest BCUT2D eigenvalue weighted by Crippen LogP contribution is -2.46. The van der Waals surface area contributed by atoms with Gasteiger partial charge in [-0.15, -0.1) is 5.10 Å². The first-order valence-corrected chi connectivity index (χ1v) is 8.78. The number of benzene rings is 1. The first-order chi connectivity index (χ1) is 12.7. The highest BCUT2D eigenvalue weighted by Crippen LogP contribution is 2.30. The predicted octanol–water partition coefficient (Wildman–Crippen LogP) is 1.73. The number of halogens is 1. The Balaban J connectivity index is 1.40. The molecule has 2 fully saturated rings. The second kappa shape index (κ2) is 6.84. The number of piperidine rings is 1. The second-order valence-corrected chi connectivity index (χ2v) is 6.67. The number of likely N-dealkylation sites (tertiary alicyclic amines) is 1. The molecule has 7 nitrogen and oxygen atoms in total. The SMILES string of the molecule is N#Cc1ncn(C2CCN(C3CCN(c4ccccc4F)C3=O)CC2)n1. The van der Waals surface area contributed by atoms with Gasteiger partial charge in [-0.05, 0) is 31.4 Å². The summed E-state index contributed by atoms with van der Waals surface area (Å²) in [7, 11) is 0. The van der Waals surface area contributed by atoms with Crippen LogP contribution >= 0.6 is 0 Å². The van der Waals surface area contributed by atoms with E-state index in [0.29, 0.717) is 18.7 Å². The van der Waals surface area contributed by atoms with E-state index >= 15 is 0 Å². The number of hydrogen-bond donors (Lipinski definition) is 0. The molecule has 1 amide bonds. The predicted molar refractivity (Wildman–Crippen MR) is 91.7 cm³/mol. The fraction of sp³-hybridized carbons (Fsp3) is 0.444. The fourth-order valence-corrected chi connectivity index (χ4v) is 3.88. The van der Waals surface area contributed by atoms with Crippen LogP contribution in [-0.2, 0) is 4.79 Å². The van der Waals surface area contributed by atoms with Crippen molar-refractivity contribution in [2.75, 3.05) is 24.5 Å². The normalized spacial score (nSPS) is 21.9. The lowest BCUT2D eigenvalue weighted by molar-refractivity contribution is -0.122. The number of rotatable bonds is 3. The molecule has 8 heteroatoms. The Morgan fingerprint density at radius 3 is 2.62 bits per heavy atom. The van der Waals surface area contributed by atoms with Gasteiger partial charge in [-0.2, -0.15) is 5.26 Å². The zero-order valence-corrected chi connectivity index (χ0v) is 14.3. The van der Waals surface area contributed by atoms with Gasteiger partial charge in [0.2, 0.25) is 5.91 Å². The molecule has 2 aliphatic heterocycles. The smallest absolute Gasteiger partial charge is 0.252 e. The molecule has 0 radical (unpaired) electrons. The molecule has 0 spiro atoms. The van der Waals surface area contributed by atoms with E-state index in [9.17, 15) is 9.18 Å². The summed E-state index contributed by atoms with van der Waals surface area (Å²) in [5.74, 6) is -0.209. The van der Waals surface area contributed by atoms with Crippen molar-refractivity contribution in [3.63, 3.8) is 0 Å². The van der Waals surface area contributed by atoms with E-state index in [-0.39, 0.29) is 29.6 Å². The molecular formula is C18H19FN6O. The molecule has 1 aromatic carbocycles. The van der Waals surface area contributed by atoms with Crippen molar-refractivity contribution in [1.29, 1.82) is 5.26 Å². The second-order valence-electron chi connectivity index (χ2n) is 6.67. The van der Waals surface area contributed by atoms with Crippen molar-refractivity contribution in [2.24, 2.45) is 0 Å². The molecule has 1 aromatic heterocycles. The van der Waals surface area contributed by atoms with E-state index < -0.39 is 0 Å². The van der Waals surface area contributed by atoms with Gasteiger partial charge >= 0.3 is 0 Å². The Hall–Kier alpha value is -2.79. The molecule has 3 heterocycles. The maximum Gasteiger partial charge on any atom is 0.252 e. The number of carbonyl (C=O) groups is 1. The third-order valence-corrected chi connectivity index (χ3v) is 5.24. The number of nitriles is 1. The molecule has 26 heavy (non-hydrogen) atoms. The van der Waals surface area contributed by atoms with E-state index in [1.54, 1.807) is 34.1 Å². The van der Waals surface area contributed by atoms with Crippen molar-refractivity contribution in [3.8, 4) is 6.07 Å². The monoisotopic (exact) mass is 354 g/mol. The van der Waals surface area contributed by atoms with Gasteiger partial charge in [0.1, 0.15) is 18.2 Å². The lowest BCUT2D eigenvalue weighted by Gasteiger charge is -2.35. The van der Waals surface area contributed by atoms with Crippen LogP contribution in [0, 0.1) is 17.1 Å². The summed E-state index contributed by atoms with van der Waals surface area (Å²) >= 11 is 0. The number of anilines is 1. The first-order valence-electron chi connectivity index (χ1n) is 8.78. The zero-order valence-electron chi connectivity index (χ0n) is 14.3. The molecule has 134 valence electrons. The Labute approximate surface area is 150 Å². The third-order valence-electron chi connectivity index (χ3n) is 5.24. The van der Waals surface area contributed by atoms with Crippen molar-refractivity contribution in [3.05, 3.63) is 42.2 Å². The molecule has 2 aromatic rings. The summed E-state index contributed by atoms with van der Waals surface area (Å²) in [5, 5.41) is 13.0. The Bertz CT molecular complexity index is 851. The van der Waals surface area contributed by atoms with Crippen molar-refractivity contribution in [2.45, 2.75) is 31.3 Å². The van der Waals surface area contributed by atoms with Crippen LogP contribution in [0.15, 0.2) is 30.6 Å². The van der Waals surface area contributed by atoms with Crippen molar-refractivity contribution in [1.82, 2.24) is 19.7 Å². The minimum atomic E-state index is -0.361. The van der Waals surface area contributed by atoms with Gasteiger partial charge in [0.05, 0.1) is 17.8 Å². The molecule has 0 aliphatic carbocycles. The summed E-state index contributed by atoms with van der Waals surface area (Å²) in [5.41, 5.74) is 0.363. The molecule has 4 rings (SSSR count). The topological polar surface area (TPSA) is 78.0 Å². The average molecular weight is 354 g/mol. The largest absolute Gasteiger partial charge is 0.308 e. The average Bonchev–Trinajstić information content (AvgIpc) is 3.29. The standard InChI is InChI=1S/C18H19FN6O/c19-14-3-1-2-4-15(14)24-10-7-16(18(24)26)23-8-5-13(6-9-23)25-12-21-17(11-20)22-25/h1-4,12-13,16H,5-10H2. The molecule has 1 atom stereocenters. The maximum absolute atomic E-state index is 14.0. The first kappa shape index (κ1) is 16.7. The van der Waals surface area contributed by atoms with Crippen LogP contribution in [0.5, 0.6) is 0 Å². The number of amides is 1. The summed E-state index contributed by atoms with van der Waals surface area (Å²) < 4.78 is 15.8. The fourth-order valence-electron chi connectivity index (χ4n) is 3.88.